The zero-order valence-electron chi connectivity index (χ0n) is 19.2. The van der Waals surface area contributed by atoms with Crippen LogP contribution < -0.4 is 5.32 Å². The highest BCUT2D eigenvalue weighted by molar-refractivity contribution is 7.98. The van der Waals surface area contributed by atoms with Crippen molar-refractivity contribution in [1.82, 2.24) is 20.4 Å². The van der Waals surface area contributed by atoms with Crippen molar-refractivity contribution in [1.29, 1.82) is 0 Å². The molecule has 186 valence electrons. The van der Waals surface area contributed by atoms with Gasteiger partial charge in [-0.3, -0.25) is 9.69 Å². The van der Waals surface area contributed by atoms with Crippen LogP contribution in [0.4, 0.5) is 4.39 Å². The number of nitrogens with one attached hydrogen (secondary N) is 1. The maximum absolute atomic E-state index is 13.6. The van der Waals surface area contributed by atoms with E-state index in [1.807, 2.05) is 12.1 Å². The summed E-state index contributed by atoms with van der Waals surface area (Å²) in [7, 11) is 0. The molecular weight excluding hydrogens is 510 g/mol. The number of carbonyl (C=O) groups excluding carboxylic acids is 1. The molecule has 35 heavy (non-hydrogen) atoms. The van der Waals surface area contributed by atoms with E-state index in [9.17, 15) is 9.18 Å². The summed E-state index contributed by atoms with van der Waals surface area (Å²) >= 11 is 13.9. The fraction of sp³-hybridized carbons (Fsp3) is 0.400. The van der Waals surface area contributed by atoms with Crippen molar-refractivity contribution in [3.63, 3.8) is 0 Å². The number of hydrogen-bond acceptors (Lipinski definition) is 6. The number of piperidine rings is 1. The third-order valence-electron chi connectivity index (χ3n) is 5.94. The van der Waals surface area contributed by atoms with Gasteiger partial charge in [0.25, 0.3) is 0 Å². The van der Waals surface area contributed by atoms with Crippen molar-refractivity contribution in [2.45, 2.75) is 31.6 Å². The molecule has 2 aromatic carbocycles. The second kappa shape index (κ2) is 12.7. The van der Waals surface area contributed by atoms with Crippen molar-refractivity contribution >= 4 is 40.9 Å². The number of carbonyl (C=O) groups is 1. The molecule has 4 rings (SSSR count). The molecule has 0 radical (unpaired) electrons. The minimum Gasteiger partial charge on any atom is -0.356 e. The third-order valence-corrected chi connectivity index (χ3v) is 7.58. The van der Waals surface area contributed by atoms with E-state index in [1.165, 1.54) is 6.07 Å². The summed E-state index contributed by atoms with van der Waals surface area (Å²) in [6, 6.07) is 12.0. The number of likely N-dealkylation sites (tertiary alicyclic amines) is 1. The Balaban J connectivity index is 1.13. The van der Waals surface area contributed by atoms with Crippen molar-refractivity contribution in [2.75, 3.05) is 25.4 Å². The van der Waals surface area contributed by atoms with Crippen LogP contribution in [0.2, 0.25) is 10.0 Å². The van der Waals surface area contributed by atoms with Gasteiger partial charge in [0.15, 0.2) is 0 Å². The number of hydrogen-bond donors (Lipinski definition) is 1. The van der Waals surface area contributed by atoms with Crippen LogP contribution in [-0.4, -0.2) is 46.3 Å². The van der Waals surface area contributed by atoms with E-state index in [4.69, 9.17) is 27.7 Å². The highest BCUT2D eigenvalue weighted by Gasteiger charge is 2.26. The fourth-order valence-corrected chi connectivity index (χ4v) is 5.41. The number of nitrogens with zero attached hydrogens (tertiary/aromatic N) is 3. The minimum atomic E-state index is -0.162. The zero-order valence-corrected chi connectivity index (χ0v) is 21.5. The van der Waals surface area contributed by atoms with E-state index >= 15 is 0 Å². The van der Waals surface area contributed by atoms with E-state index in [0.29, 0.717) is 46.2 Å². The summed E-state index contributed by atoms with van der Waals surface area (Å²) in [6.45, 7) is 2.75. The van der Waals surface area contributed by atoms with Crippen LogP contribution in [0.1, 0.15) is 30.7 Å². The highest BCUT2D eigenvalue weighted by Crippen LogP contribution is 2.29. The molecule has 6 nitrogen and oxygen atoms in total. The molecule has 1 saturated heterocycles. The van der Waals surface area contributed by atoms with Crippen LogP contribution >= 0.6 is 35.0 Å². The summed E-state index contributed by atoms with van der Waals surface area (Å²) in [5.41, 5.74) is 1.39. The maximum Gasteiger partial charge on any atom is 0.241 e. The summed E-state index contributed by atoms with van der Waals surface area (Å²) in [4.78, 5) is 19.2. The van der Waals surface area contributed by atoms with Crippen molar-refractivity contribution in [3.8, 4) is 11.4 Å². The first-order chi connectivity index (χ1) is 17.0. The Morgan fingerprint density at radius 2 is 2.00 bits per heavy atom. The Morgan fingerprint density at radius 3 is 2.77 bits per heavy atom. The lowest BCUT2D eigenvalue weighted by molar-refractivity contribution is -0.126. The smallest absolute Gasteiger partial charge is 0.241 e. The molecule has 1 fully saturated rings. The molecule has 0 saturated carbocycles. The van der Waals surface area contributed by atoms with E-state index in [1.54, 1.807) is 36.0 Å². The molecule has 0 aliphatic carbocycles. The van der Waals surface area contributed by atoms with Crippen molar-refractivity contribution in [2.24, 2.45) is 5.92 Å². The SMILES string of the molecule is O=C(NCCCSCc1ccccc1F)C1CCN(Cc2nc(-c3ccc(Cl)cc3Cl)no2)CC1. The molecule has 1 aliphatic heterocycles. The number of halogens is 3. The quantitative estimate of drug-likeness (QED) is 0.328. The molecule has 10 heteroatoms. The first-order valence-electron chi connectivity index (χ1n) is 11.6. The lowest BCUT2D eigenvalue weighted by Gasteiger charge is -2.30. The molecule has 0 atom stereocenters. The largest absolute Gasteiger partial charge is 0.356 e. The normalized spacial score (nSPS) is 14.8. The zero-order chi connectivity index (χ0) is 24.6. The summed E-state index contributed by atoms with van der Waals surface area (Å²) in [5, 5.41) is 8.11. The predicted octanol–water partition coefficient (Wildman–Crippen LogP) is 5.83. The van der Waals surface area contributed by atoms with Crippen LogP contribution in [0.15, 0.2) is 47.0 Å². The summed E-state index contributed by atoms with van der Waals surface area (Å²) < 4.78 is 19.0. The first kappa shape index (κ1) is 25.9. The van der Waals surface area contributed by atoms with E-state index in [-0.39, 0.29) is 17.6 Å². The highest BCUT2D eigenvalue weighted by atomic mass is 35.5. The van der Waals surface area contributed by atoms with Crippen LogP contribution in [-0.2, 0) is 17.1 Å². The number of thioether (sulfide) groups is 1. The Hall–Kier alpha value is -2.13. The molecule has 1 aromatic heterocycles. The third kappa shape index (κ3) is 7.43. The average Bonchev–Trinajstić information content (AvgIpc) is 3.30. The van der Waals surface area contributed by atoms with Gasteiger partial charge >= 0.3 is 0 Å². The number of aromatic nitrogens is 2. The lowest BCUT2D eigenvalue weighted by atomic mass is 9.96. The fourth-order valence-electron chi connectivity index (χ4n) is 3.97. The van der Waals surface area contributed by atoms with Gasteiger partial charge in [-0.15, -0.1) is 0 Å². The number of rotatable bonds is 10. The molecule has 3 aromatic rings. The first-order valence-corrected chi connectivity index (χ1v) is 13.5. The van der Waals surface area contributed by atoms with Gasteiger partial charge in [0.2, 0.25) is 17.6 Å². The number of amides is 1. The summed E-state index contributed by atoms with van der Waals surface area (Å²) in [6.07, 6.45) is 2.44. The molecule has 1 aliphatic rings. The van der Waals surface area contributed by atoms with Crippen LogP contribution in [0.5, 0.6) is 0 Å². The Morgan fingerprint density at radius 1 is 1.20 bits per heavy atom. The second-order valence-electron chi connectivity index (χ2n) is 8.47. The standard InChI is InChI=1S/C25H27Cl2FN4O2S/c26-19-6-7-20(21(27)14-19)24-30-23(34-31-24)15-32-11-8-17(9-12-32)25(33)29-10-3-13-35-16-18-4-1-2-5-22(18)28/h1-2,4-7,14,17H,3,8-13,15-16H2,(H,29,33). The van der Waals surface area contributed by atoms with Crippen LogP contribution in [0.3, 0.4) is 0 Å². The van der Waals surface area contributed by atoms with Crippen LogP contribution in [0.25, 0.3) is 11.4 Å². The average molecular weight is 537 g/mol. The van der Waals surface area contributed by atoms with Gasteiger partial charge in [0.1, 0.15) is 5.82 Å². The Kier molecular flexibility index (Phi) is 9.43. The Bertz CT molecular complexity index is 1140. The van der Waals surface area contributed by atoms with Gasteiger partial charge in [0.05, 0.1) is 11.6 Å². The molecule has 1 N–H and O–H groups in total. The van der Waals surface area contributed by atoms with Crippen molar-refractivity contribution in [3.05, 3.63) is 69.8 Å². The molecule has 1 amide bonds. The second-order valence-corrected chi connectivity index (χ2v) is 10.4. The number of benzene rings is 2. The topological polar surface area (TPSA) is 71.3 Å². The molecular formula is C25H27Cl2FN4O2S. The van der Waals surface area contributed by atoms with Crippen molar-refractivity contribution < 1.29 is 13.7 Å². The van der Waals surface area contributed by atoms with Gasteiger partial charge < -0.3 is 9.84 Å². The maximum atomic E-state index is 13.6. The molecule has 0 unspecified atom stereocenters. The van der Waals surface area contributed by atoms with Gasteiger partial charge in [-0.25, -0.2) is 4.39 Å². The minimum absolute atomic E-state index is 0.0171. The van der Waals surface area contributed by atoms with E-state index < -0.39 is 0 Å². The summed E-state index contributed by atoms with van der Waals surface area (Å²) in [5.74, 6) is 2.44. The van der Waals surface area contributed by atoms with Gasteiger partial charge in [-0.05, 0) is 67.9 Å². The lowest BCUT2D eigenvalue weighted by Crippen LogP contribution is -2.40. The monoisotopic (exact) mass is 536 g/mol. The molecule has 2 heterocycles. The van der Waals surface area contributed by atoms with Gasteiger partial charge in [0, 0.05) is 28.8 Å². The van der Waals surface area contributed by atoms with Gasteiger partial charge in [-0.1, -0.05) is 46.6 Å². The van der Waals surface area contributed by atoms with Gasteiger partial charge in [-0.2, -0.15) is 16.7 Å². The Labute approximate surface area is 218 Å². The predicted molar refractivity (Wildman–Crippen MR) is 138 cm³/mol. The van der Waals surface area contributed by atoms with E-state index in [2.05, 4.69) is 20.4 Å². The molecule has 0 bridgehead atoms. The van der Waals surface area contributed by atoms with Crippen LogP contribution in [0, 0.1) is 11.7 Å². The molecule has 0 spiro atoms. The van der Waals surface area contributed by atoms with E-state index in [0.717, 1.165) is 43.7 Å².